The van der Waals surface area contributed by atoms with Crippen molar-refractivity contribution in [1.29, 1.82) is 5.26 Å². The van der Waals surface area contributed by atoms with Crippen LogP contribution < -0.4 is 10.4 Å². The third kappa shape index (κ3) is 2.77. The van der Waals surface area contributed by atoms with Crippen LogP contribution in [-0.4, -0.2) is 20.8 Å². The predicted octanol–water partition coefficient (Wildman–Crippen LogP) is 1.86. The number of hydrogen-bond acceptors (Lipinski definition) is 4. The first-order valence-corrected chi connectivity index (χ1v) is 7.47. The molecule has 0 radical (unpaired) electrons. The molecule has 24 heavy (non-hydrogen) atoms. The lowest BCUT2D eigenvalue weighted by atomic mass is 10.1. The summed E-state index contributed by atoms with van der Waals surface area (Å²) < 4.78 is 8.78. The number of hydrogen-bond donors (Lipinski definition) is 1. The summed E-state index contributed by atoms with van der Waals surface area (Å²) in [5, 5.41) is 19.0. The van der Waals surface area contributed by atoms with E-state index in [0.717, 1.165) is 11.0 Å². The zero-order valence-electron chi connectivity index (χ0n) is 13.4. The molecule has 1 atom stereocenters. The van der Waals surface area contributed by atoms with E-state index in [-0.39, 0.29) is 12.3 Å². The van der Waals surface area contributed by atoms with Crippen molar-refractivity contribution < 1.29 is 9.84 Å². The Morgan fingerprint density at radius 3 is 2.46 bits per heavy atom. The van der Waals surface area contributed by atoms with Crippen LogP contribution in [0, 0.1) is 11.3 Å². The quantitative estimate of drug-likeness (QED) is 0.795. The minimum absolute atomic E-state index is 0.0815. The topological polar surface area (TPSA) is 80.2 Å². The van der Waals surface area contributed by atoms with Crippen LogP contribution in [0.3, 0.4) is 0 Å². The van der Waals surface area contributed by atoms with E-state index in [1.165, 1.54) is 0 Å². The third-order valence-electron chi connectivity index (χ3n) is 4.08. The van der Waals surface area contributed by atoms with Crippen LogP contribution in [0.25, 0.3) is 11.0 Å². The van der Waals surface area contributed by atoms with Crippen molar-refractivity contribution >= 4 is 11.0 Å². The summed E-state index contributed by atoms with van der Waals surface area (Å²) in [5.41, 5.74) is 2.72. The Balaban J connectivity index is 1.76. The molecule has 0 saturated carbocycles. The van der Waals surface area contributed by atoms with E-state index >= 15 is 0 Å². The largest absolute Gasteiger partial charge is 0.490 e. The molecular weight excluding hydrogens is 306 g/mol. The Morgan fingerprint density at radius 2 is 1.79 bits per heavy atom. The standard InChI is InChI=1S/C18H17N3O3/c1-20-15-8-7-14(9-16(15)21(2)18(20)23)24-11-17(22)13-5-3-12(10-19)4-6-13/h3-9,17,22H,11H2,1-2H3. The van der Waals surface area contributed by atoms with Gasteiger partial charge in [0.1, 0.15) is 18.5 Å². The van der Waals surface area contributed by atoms with Gasteiger partial charge in [-0.1, -0.05) is 12.1 Å². The van der Waals surface area contributed by atoms with Gasteiger partial charge in [-0.25, -0.2) is 4.79 Å². The number of fused-ring (bicyclic) bond motifs is 1. The number of aryl methyl sites for hydroxylation is 2. The minimum Gasteiger partial charge on any atom is -0.490 e. The van der Waals surface area contributed by atoms with Gasteiger partial charge >= 0.3 is 5.69 Å². The van der Waals surface area contributed by atoms with E-state index < -0.39 is 6.10 Å². The lowest BCUT2D eigenvalue weighted by molar-refractivity contribution is 0.108. The number of aliphatic hydroxyl groups excluding tert-OH is 1. The van der Waals surface area contributed by atoms with Crippen molar-refractivity contribution in [2.24, 2.45) is 14.1 Å². The molecule has 3 aromatic rings. The normalized spacial score (nSPS) is 12.1. The van der Waals surface area contributed by atoms with Crippen LogP contribution >= 0.6 is 0 Å². The number of rotatable bonds is 4. The van der Waals surface area contributed by atoms with Gasteiger partial charge in [-0.2, -0.15) is 5.26 Å². The molecule has 0 bridgehead atoms. The van der Waals surface area contributed by atoms with E-state index in [4.69, 9.17) is 10.00 Å². The van der Waals surface area contributed by atoms with Gasteiger partial charge in [-0.15, -0.1) is 0 Å². The SMILES string of the molecule is Cn1c(=O)n(C)c2cc(OCC(O)c3ccc(C#N)cc3)ccc21. The maximum Gasteiger partial charge on any atom is 0.328 e. The molecule has 0 amide bonds. The average Bonchev–Trinajstić information content (AvgIpc) is 2.84. The Bertz CT molecular complexity index is 978. The van der Waals surface area contributed by atoms with Crippen molar-refractivity contribution in [2.75, 3.05) is 6.61 Å². The van der Waals surface area contributed by atoms with Crippen molar-refractivity contribution in [3.8, 4) is 11.8 Å². The molecule has 1 heterocycles. The number of ether oxygens (including phenoxy) is 1. The Kier molecular flexibility index (Phi) is 4.11. The lowest BCUT2D eigenvalue weighted by Crippen LogP contribution is -2.19. The van der Waals surface area contributed by atoms with Gasteiger partial charge in [-0.05, 0) is 29.8 Å². The summed E-state index contributed by atoms with van der Waals surface area (Å²) in [7, 11) is 3.43. The van der Waals surface area contributed by atoms with Gasteiger partial charge in [-0.3, -0.25) is 9.13 Å². The van der Waals surface area contributed by atoms with Crippen LogP contribution in [0.2, 0.25) is 0 Å². The van der Waals surface area contributed by atoms with Crippen LogP contribution in [0.4, 0.5) is 0 Å². The first-order chi connectivity index (χ1) is 11.5. The molecule has 0 saturated heterocycles. The molecule has 122 valence electrons. The summed E-state index contributed by atoms with van der Waals surface area (Å²) in [5.74, 6) is 0.580. The van der Waals surface area contributed by atoms with E-state index in [0.29, 0.717) is 16.9 Å². The van der Waals surface area contributed by atoms with Gasteiger partial charge in [0.15, 0.2) is 0 Å². The highest BCUT2D eigenvalue weighted by molar-refractivity contribution is 5.77. The Hall–Kier alpha value is -3.04. The molecule has 0 aliphatic carbocycles. The Labute approximate surface area is 138 Å². The summed E-state index contributed by atoms with van der Waals surface area (Å²) in [6.45, 7) is 0.0815. The molecule has 3 rings (SSSR count). The first kappa shape index (κ1) is 15.8. The molecule has 0 spiro atoms. The molecule has 6 heteroatoms. The van der Waals surface area contributed by atoms with Gasteiger partial charge < -0.3 is 9.84 Å². The predicted molar refractivity (Wildman–Crippen MR) is 89.8 cm³/mol. The summed E-state index contributed by atoms with van der Waals surface area (Å²) in [6.07, 6.45) is -0.798. The fourth-order valence-corrected chi connectivity index (χ4v) is 2.63. The van der Waals surface area contributed by atoms with Crippen molar-refractivity contribution in [3.63, 3.8) is 0 Å². The number of nitriles is 1. The van der Waals surface area contributed by atoms with Gasteiger partial charge in [0.2, 0.25) is 0 Å². The van der Waals surface area contributed by atoms with Crippen molar-refractivity contribution in [1.82, 2.24) is 9.13 Å². The maximum absolute atomic E-state index is 11.9. The van der Waals surface area contributed by atoms with E-state index in [1.54, 1.807) is 59.6 Å². The molecular formula is C18H17N3O3. The zero-order valence-corrected chi connectivity index (χ0v) is 13.4. The van der Waals surface area contributed by atoms with Crippen LogP contribution in [-0.2, 0) is 14.1 Å². The Morgan fingerprint density at radius 1 is 1.12 bits per heavy atom. The lowest BCUT2D eigenvalue weighted by Gasteiger charge is -2.13. The second-order valence-corrected chi connectivity index (χ2v) is 5.61. The molecule has 0 aliphatic heterocycles. The summed E-state index contributed by atoms with van der Waals surface area (Å²) in [6, 6.07) is 14.1. The molecule has 0 fully saturated rings. The van der Waals surface area contributed by atoms with Crippen LogP contribution in [0.1, 0.15) is 17.2 Å². The van der Waals surface area contributed by atoms with Crippen LogP contribution in [0.5, 0.6) is 5.75 Å². The second kappa shape index (κ2) is 6.22. The molecule has 0 aliphatic rings. The molecule has 1 aromatic heterocycles. The summed E-state index contributed by atoms with van der Waals surface area (Å²) in [4.78, 5) is 11.9. The highest BCUT2D eigenvalue weighted by Crippen LogP contribution is 2.21. The number of nitrogens with zero attached hydrogens (tertiary/aromatic N) is 3. The fraction of sp³-hybridized carbons (Fsp3) is 0.222. The number of aromatic nitrogens is 2. The molecule has 2 aromatic carbocycles. The summed E-state index contributed by atoms with van der Waals surface area (Å²) >= 11 is 0. The monoisotopic (exact) mass is 323 g/mol. The smallest absolute Gasteiger partial charge is 0.328 e. The minimum atomic E-state index is -0.798. The highest BCUT2D eigenvalue weighted by Gasteiger charge is 2.11. The highest BCUT2D eigenvalue weighted by atomic mass is 16.5. The third-order valence-corrected chi connectivity index (χ3v) is 4.08. The maximum atomic E-state index is 11.9. The van der Waals surface area contributed by atoms with Gasteiger partial charge in [0.25, 0.3) is 0 Å². The molecule has 1 N–H and O–H groups in total. The second-order valence-electron chi connectivity index (χ2n) is 5.61. The van der Waals surface area contributed by atoms with Crippen LogP contribution in [0.15, 0.2) is 47.3 Å². The number of aliphatic hydroxyl groups is 1. The van der Waals surface area contributed by atoms with Crippen molar-refractivity contribution in [3.05, 3.63) is 64.1 Å². The molecule has 1 unspecified atom stereocenters. The number of benzene rings is 2. The molecule has 6 nitrogen and oxygen atoms in total. The van der Waals surface area contributed by atoms with E-state index in [9.17, 15) is 9.90 Å². The first-order valence-electron chi connectivity index (χ1n) is 7.47. The van der Waals surface area contributed by atoms with Gasteiger partial charge in [0, 0.05) is 20.2 Å². The van der Waals surface area contributed by atoms with E-state index in [2.05, 4.69) is 0 Å². The van der Waals surface area contributed by atoms with Gasteiger partial charge in [0.05, 0.1) is 22.7 Å². The average molecular weight is 323 g/mol. The van der Waals surface area contributed by atoms with E-state index in [1.807, 2.05) is 12.1 Å². The fourth-order valence-electron chi connectivity index (χ4n) is 2.63. The number of imidazole rings is 1. The van der Waals surface area contributed by atoms with Crippen molar-refractivity contribution in [2.45, 2.75) is 6.10 Å². The zero-order chi connectivity index (χ0) is 17.3.